The van der Waals surface area contributed by atoms with Crippen molar-refractivity contribution in [1.29, 1.82) is 0 Å². The Labute approximate surface area is 227 Å². The smallest absolute Gasteiger partial charge is 0.253 e. The lowest BCUT2D eigenvalue weighted by atomic mass is 9.86. The van der Waals surface area contributed by atoms with Crippen LogP contribution in [0.1, 0.15) is 72.3 Å². The number of benzene rings is 3. The lowest BCUT2D eigenvalue weighted by Gasteiger charge is -2.35. The number of ether oxygens (including phenoxy) is 1. The molecule has 0 bridgehead atoms. The molecule has 0 spiro atoms. The number of hydrogen-bond acceptors (Lipinski definition) is 3. The molecule has 0 aromatic heterocycles. The fourth-order valence-corrected chi connectivity index (χ4v) is 5.62. The topological polar surface area (TPSA) is 32.8 Å². The van der Waals surface area contributed by atoms with Crippen molar-refractivity contribution in [3.8, 4) is 5.75 Å². The highest BCUT2D eigenvalue weighted by molar-refractivity contribution is 5.96. The number of carbonyl (C=O) groups excluding carboxylic acids is 1. The number of halogens is 1. The van der Waals surface area contributed by atoms with Crippen molar-refractivity contribution in [2.24, 2.45) is 0 Å². The minimum Gasteiger partial charge on any atom is -0.488 e. The molecule has 0 aliphatic carbocycles. The molecule has 1 fully saturated rings. The number of carbonyl (C=O) groups is 1. The van der Waals surface area contributed by atoms with Gasteiger partial charge in [-0.3, -0.25) is 9.69 Å². The van der Waals surface area contributed by atoms with Gasteiger partial charge in [-0.1, -0.05) is 60.2 Å². The third-order valence-corrected chi connectivity index (χ3v) is 7.80. The first-order chi connectivity index (χ1) is 17.6. The molecule has 2 heterocycles. The van der Waals surface area contributed by atoms with Gasteiger partial charge >= 0.3 is 0 Å². The van der Waals surface area contributed by atoms with E-state index in [9.17, 15) is 4.79 Å². The second-order valence-electron chi connectivity index (χ2n) is 9.74. The molecule has 5 heteroatoms. The van der Waals surface area contributed by atoms with Crippen molar-refractivity contribution in [2.45, 2.75) is 46.3 Å². The lowest BCUT2D eigenvalue weighted by Crippen LogP contribution is -2.33. The second-order valence-corrected chi connectivity index (χ2v) is 9.74. The summed E-state index contributed by atoms with van der Waals surface area (Å²) in [5.41, 5.74) is 8.42. The van der Waals surface area contributed by atoms with Gasteiger partial charge in [-0.15, -0.1) is 12.4 Å². The number of likely N-dealkylation sites (tertiary alicyclic amines) is 1. The molecule has 1 amide bonds. The minimum atomic E-state index is 0. The Hall–Kier alpha value is -3.08. The van der Waals surface area contributed by atoms with Crippen LogP contribution in [0.15, 0.2) is 78.4 Å². The highest BCUT2D eigenvalue weighted by atomic mass is 35.5. The second kappa shape index (κ2) is 12.0. The summed E-state index contributed by atoms with van der Waals surface area (Å²) in [6.07, 6.45) is 2.06. The van der Waals surface area contributed by atoms with Gasteiger partial charge in [0.1, 0.15) is 12.4 Å². The van der Waals surface area contributed by atoms with Gasteiger partial charge < -0.3 is 9.64 Å². The van der Waals surface area contributed by atoms with Crippen LogP contribution in [0.5, 0.6) is 5.75 Å². The molecule has 2 aliphatic heterocycles. The largest absolute Gasteiger partial charge is 0.488 e. The molecule has 4 nitrogen and oxygen atoms in total. The first-order valence-electron chi connectivity index (χ1n) is 13.3. The Bertz CT molecular complexity index is 1260. The molecular formula is C32H37ClN2O2. The SMILES string of the molecule is CCN(CC)C(=O)c1ccc2c(c1)OCc1ccccc1C2=C1CCN(C(C)c2ccccc2)CC1.Cl. The molecule has 0 saturated carbocycles. The fourth-order valence-electron chi connectivity index (χ4n) is 5.62. The molecule has 3 aromatic carbocycles. The number of hydrogen-bond donors (Lipinski definition) is 0. The molecule has 194 valence electrons. The molecule has 1 atom stereocenters. The van der Waals surface area contributed by atoms with E-state index in [1.807, 2.05) is 30.9 Å². The summed E-state index contributed by atoms with van der Waals surface area (Å²) >= 11 is 0. The molecule has 2 aliphatic rings. The Morgan fingerprint density at radius 2 is 1.59 bits per heavy atom. The maximum atomic E-state index is 13.0. The van der Waals surface area contributed by atoms with Crippen molar-refractivity contribution in [2.75, 3.05) is 26.2 Å². The molecule has 3 aromatic rings. The standard InChI is InChI=1S/C32H36N2O2.ClH/c1-4-33(5-2)32(35)26-15-16-29-30(21-26)36-22-27-13-9-10-14-28(27)31(29)25-17-19-34(20-18-25)23(3)24-11-7-6-8-12-24;/h6-16,21,23H,4-5,17-20,22H2,1-3H3;1H. The van der Waals surface area contributed by atoms with E-state index in [1.165, 1.54) is 27.8 Å². The monoisotopic (exact) mass is 516 g/mol. The van der Waals surface area contributed by atoms with Crippen LogP contribution in [0.25, 0.3) is 5.57 Å². The van der Waals surface area contributed by atoms with Gasteiger partial charge in [-0.2, -0.15) is 0 Å². The molecule has 0 radical (unpaired) electrons. The van der Waals surface area contributed by atoms with Gasteiger partial charge in [-0.05, 0) is 74.1 Å². The maximum absolute atomic E-state index is 13.0. The van der Waals surface area contributed by atoms with E-state index in [-0.39, 0.29) is 18.3 Å². The Morgan fingerprint density at radius 1 is 0.919 bits per heavy atom. The summed E-state index contributed by atoms with van der Waals surface area (Å²) in [7, 11) is 0. The predicted octanol–water partition coefficient (Wildman–Crippen LogP) is 7.14. The Morgan fingerprint density at radius 3 is 2.30 bits per heavy atom. The first-order valence-corrected chi connectivity index (χ1v) is 13.3. The third-order valence-electron chi connectivity index (χ3n) is 7.80. The van der Waals surface area contributed by atoms with E-state index < -0.39 is 0 Å². The summed E-state index contributed by atoms with van der Waals surface area (Å²) in [6, 6.07) is 25.8. The van der Waals surface area contributed by atoms with Crippen LogP contribution in [0, 0.1) is 0 Å². The van der Waals surface area contributed by atoms with E-state index in [0.29, 0.717) is 31.3 Å². The lowest BCUT2D eigenvalue weighted by molar-refractivity contribution is 0.0772. The summed E-state index contributed by atoms with van der Waals surface area (Å²) in [6.45, 7) is 10.3. The number of amides is 1. The molecular weight excluding hydrogens is 480 g/mol. The van der Waals surface area contributed by atoms with Crippen LogP contribution in [0.4, 0.5) is 0 Å². The van der Waals surface area contributed by atoms with E-state index in [1.54, 1.807) is 0 Å². The van der Waals surface area contributed by atoms with Crippen molar-refractivity contribution in [3.05, 3.63) is 106 Å². The normalized spacial score (nSPS) is 16.0. The number of rotatable bonds is 5. The van der Waals surface area contributed by atoms with Gasteiger partial charge in [0.25, 0.3) is 5.91 Å². The predicted molar refractivity (Wildman–Crippen MR) is 153 cm³/mol. The Balaban J connectivity index is 0.00000320. The zero-order chi connectivity index (χ0) is 25.1. The van der Waals surface area contributed by atoms with E-state index in [0.717, 1.165) is 37.2 Å². The molecule has 1 saturated heterocycles. The minimum absolute atomic E-state index is 0. The average Bonchev–Trinajstić information content (AvgIpc) is 3.10. The molecule has 5 rings (SSSR count). The summed E-state index contributed by atoms with van der Waals surface area (Å²) in [5.74, 6) is 0.873. The highest BCUT2D eigenvalue weighted by Crippen LogP contribution is 2.42. The van der Waals surface area contributed by atoms with Crippen LogP contribution in [0.2, 0.25) is 0 Å². The van der Waals surface area contributed by atoms with Crippen LogP contribution in [-0.4, -0.2) is 41.9 Å². The van der Waals surface area contributed by atoms with Gasteiger partial charge in [0.15, 0.2) is 0 Å². The summed E-state index contributed by atoms with van der Waals surface area (Å²) in [5, 5.41) is 0. The summed E-state index contributed by atoms with van der Waals surface area (Å²) < 4.78 is 6.34. The van der Waals surface area contributed by atoms with Crippen LogP contribution >= 0.6 is 12.4 Å². The van der Waals surface area contributed by atoms with Crippen molar-refractivity contribution in [1.82, 2.24) is 9.80 Å². The van der Waals surface area contributed by atoms with Crippen LogP contribution < -0.4 is 4.74 Å². The van der Waals surface area contributed by atoms with Crippen molar-refractivity contribution < 1.29 is 9.53 Å². The van der Waals surface area contributed by atoms with Crippen LogP contribution in [0.3, 0.4) is 0 Å². The molecule has 0 N–H and O–H groups in total. The van der Waals surface area contributed by atoms with Crippen molar-refractivity contribution >= 4 is 23.9 Å². The number of piperidine rings is 1. The van der Waals surface area contributed by atoms with E-state index in [2.05, 4.69) is 72.5 Å². The fraction of sp³-hybridized carbons (Fsp3) is 0.344. The molecule has 1 unspecified atom stereocenters. The van der Waals surface area contributed by atoms with Gasteiger partial charge in [-0.25, -0.2) is 0 Å². The van der Waals surface area contributed by atoms with Gasteiger partial charge in [0.05, 0.1) is 0 Å². The highest BCUT2D eigenvalue weighted by Gasteiger charge is 2.27. The average molecular weight is 517 g/mol. The first kappa shape index (κ1) is 27.0. The Kier molecular flexibility index (Phi) is 8.73. The zero-order valence-corrected chi connectivity index (χ0v) is 22.9. The maximum Gasteiger partial charge on any atom is 0.253 e. The van der Waals surface area contributed by atoms with Crippen molar-refractivity contribution in [3.63, 3.8) is 0 Å². The third kappa shape index (κ3) is 5.46. The number of nitrogens with zero attached hydrogens (tertiary/aromatic N) is 2. The van der Waals surface area contributed by atoms with E-state index >= 15 is 0 Å². The van der Waals surface area contributed by atoms with Gasteiger partial charge in [0.2, 0.25) is 0 Å². The van der Waals surface area contributed by atoms with Gasteiger partial charge in [0, 0.05) is 43.3 Å². The molecule has 37 heavy (non-hydrogen) atoms. The quantitative estimate of drug-likeness (QED) is 0.361. The number of fused-ring (bicyclic) bond motifs is 2. The van der Waals surface area contributed by atoms with Crippen LogP contribution in [-0.2, 0) is 6.61 Å². The van der Waals surface area contributed by atoms with E-state index in [4.69, 9.17) is 4.74 Å². The summed E-state index contributed by atoms with van der Waals surface area (Å²) in [4.78, 5) is 17.5. The zero-order valence-electron chi connectivity index (χ0n) is 22.1.